The van der Waals surface area contributed by atoms with Crippen LogP contribution in [0.25, 0.3) is 0 Å². The number of carbonyl (C=O) groups excluding carboxylic acids is 1. The number of nitro groups is 1. The number of benzene rings is 1. The molecular weight excluding hydrogens is 420 g/mol. The van der Waals surface area contributed by atoms with Gasteiger partial charge in [0.1, 0.15) is 12.6 Å². The Labute approximate surface area is 173 Å². The first-order valence-corrected chi connectivity index (χ1v) is 10.4. The minimum absolute atomic E-state index is 0.0144. The number of hydrazine groups is 1. The van der Waals surface area contributed by atoms with Crippen molar-refractivity contribution in [1.29, 1.82) is 0 Å². The highest BCUT2D eigenvalue weighted by Gasteiger charge is 2.27. The summed E-state index contributed by atoms with van der Waals surface area (Å²) in [5.41, 5.74) is 7.46. The van der Waals surface area contributed by atoms with Crippen molar-refractivity contribution in [2.45, 2.75) is 24.6 Å². The minimum atomic E-state index is -3.92. The number of aliphatic imine (C=N–C) groups is 1. The van der Waals surface area contributed by atoms with E-state index in [0.717, 1.165) is 4.90 Å². The summed E-state index contributed by atoms with van der Waals surface area (Å²) in [4.78, 5) is 38.3. The van der Waals surface area contributed by atoms with E-state index in [9.17, 15) is 28.1 Å². The van der Waals surface area contributed by atoms with Gasteiger partial charge in [0.2, 0.25) is 15.9 Å². The first-order valence-electron chi connectivity index (χ1n) is 8.72. The highest BCUT2D eigenvalue weighted by Crippen LogP contribution is 2.09. The zero-order chi connectivity index (χ0) is 22.7. The lowest BCUT2D eigenvalue weighted by molar-refractivity contribution is -0.525. The molecule has 13 nitrogen and oxygen atoms in total. The third kappa shape index (κ3) is 9.79. The fraction of sp³-hybridized carbons (Fsp3) is 0.438. The molecule has 0 radical (unpaired) electrons. The highest BCUT2D eigenvalue weighted by atomic mass is 32.2. The number of rotatable bonds is 12. The van der Waals surface area contributed by atoms with Gasteiger partial charge in [-0.05, 0) is 18.4 Å². The normalized spacial score (nSPS) is 12.8. The number of nitrogens with two attached hydrogens (primary N) is 1. The van der Waals surface area contributed by atoms with Crippen LogP contribution in [0.3, 0.4) is 0 Å². The Hall–Kier alpha value is -3.26. The molecule has 0 fully saturated rings. The summed E-state index contributed by atoms with van der Waals surface area (Å²) in [6.45, 7) is -0.618. The van der Waals surface area contributed by atoms with Crippen LogP contribution in [-0.2, 0) is 25.4 Å². The number of nitrogens with one attached hydrogen (secondary N) is 2. The van der Waals surface area contributed by atoms with E-state index in [0.29, 0.717) is 5.56 Å². The van der Waals surface area contributed by atoms with Crippen LogP contribution in [0.2, 0.25) is 0 Å². The van der Waals surface area contributed by atoms with Crippen molar-refractivity contribution in [1.82, 2.24) is 15.0 Å². The molecule has 14 heteroatoms. The van der Waals surface area contributed by atoms with Crippen LogP contribution in [0.5, 0.6) is 0 Å². The topological polar surface area (TPSA) is 197 Å². The molecule has 1 atom stereocenters. The zero-order valence-corrected chi connectivity index (χ0v) is 17.0. The zero-order valence-electron chi connectivity index (χ0n) is 16.2. The second-order valence-electron chi connectivity index (χ2n) is 6.28. The fourth-order valence-corrected chi connectivity index (χ4v) is 3.82. The molecule has 0 aliphatic rings. The Morgan fingerprint density at radius 2 is 1.97 bits per heavy atom. The smallest absolute Gasteiger partial charge is 0.323 e. The summed E-state index contributed by atoms with van der Waals surface area (Å²) in [5, 5.41) is 18.2. The van der Waals surface area contributed by atoms with Crippen LogP contribution in [0.15, 0.2) is 35.3 Å². The van der Waals surface area contributed by atoms with E-state index in [2.05, 4.69) is 9.71 Å². The van der Waals surface area contributed by atoms with Crippen LogP contribution in [0.1, 0.15) is 18.4 Å². The molecule has 1 rings (SSSR count). The molecular formula is C16H24N6O7S. The lowest BCUT2D eigenvalue weighted by Crippen LogP contribution is -2.48. The number of carboxylic acid groups (broad SMARTS) is 1. The van der Waals surface area contributed by atoms with E-state index < -0.39 is 45.5 Å². The Morgan fingerprint density at radius 1 is 1.33 bits per heavy atom. The standard InChI is InChI=1S/C16H24N6O7S/c1-21(10-14(23)24)15(25)13(8-5-9-18-16(17)19-22(26)27)20-30(28,29)11-12-6-3-2-4-7-12/h2-4,6-7,13,20H,5,8-11H2,1H3,(H,23,24)(H3,17,18,19). The maximum absolute atomic E-state index is 12.6. The molecule has 1 unspecified atom stereocenters. The number of hydrogen-bond donors (Lipinski definition) is 4. The summed E-state index contributed by atoms with van der Waals surface area (Å²) in [6, 6.07) is 7.09. The Kier molecular flexibility index (Phi) is 9.64. The van der Waals surface area contributed by atoms with E-state index in [1.165, 1.54) is 7.05 Å². The molecule has 0 saturated carbocycles. The van der Waals surface area contributed by atoms with Gasteiger partial charge >= 0.3 is 5.97 Å². The van der Waals surface area contributed by atoms with E-state index in [-0.39, 0.29) is 25.1 Å². The van der Waals surface area contributed by atoms with Crippen molar-refractivity contribution in [3.8, 4) is 0 Å². The largest absolute Gasteiger partial charge is 0.480 e. The van der Waals surface area contributed by atoms with Crippen LogP contribution in [0, 0.1) is 10.1 Å². The van der Waals surface area contributed by atoms with Crippen LogP contribution in [-0.4, -0.2) is 67.5 Å². The summed E-state index contributed by atoms with van der Waals surface area (Å²) < 4.78 is 27.3. The van der Waals surface area contributed by atoms with Gasteiger partial charge in [-0.25, -0.2) is 28.2 Å². The molecule has 1 aromatic rings. The van der Waals surface area contributed by atoms with Crippen molar-refractivity contribution >= 4 is 27.9 Å². The Bertz CT molecular complexity index is 875. The first kappa shape index (κ1) is 24.8. The number of amides is 1. The number of carboxylic acids is 1. The lowest BCUT2D eigenvalue weighted by Gasteiger charge is -2.23. The fourth-order valence-electron chi connectivity index (χ4n) is 2.46. The molecule has 0 spiro atoms. The number of likely N-dealkylation sites (N-methyl/N-ethyl adjacent to an activating group) is 1. The average molecular weight is 444 g/mol. The van der Waals surface area contributed by atoms with Gasteiger partial charge in [0, 0.05) is 13.6 Å². The molecule has 0 saturated heterocycles. The number of sulfonamides is 1. The van der Waals surface area contributed by atoms with Crippen LogP contribution in [0.4, 0.5) is 0 Å². The van der Waals surface area contributed by atoms with Crippen molar-refractivity contribution in [3.63, 3.8) is 0 Å². The molecule has 166 valence electrons. The molecule has 0 aromatic heterocycles. The van der Waals surface area contributed by atoms with E-state index >= 15 is 0 Å². The first-order chi connectivity index (χ1) is 14.0. The monoisotopic (exact) mass is 444 g/mol. The SMILES string of the molecule is CN(CC(=O)O)C(=O)C(CCCN=C(N)N[N+](=O)[O-])NS(=O)(=O)Cc1ccccc1. The second-order valence-corrected chi connectivity index (χ2v) is 8.04. The lowest BCUT2D eigenvalue weighted by atomic mass is 10.1. The van der Waals surface area contributed by atoms with Gasteiger partial charge < -0.3 is 15.7 Å². The Morgan fingerprint density at radius 3 is 2.53 bits per heavy atom. The van der Waals surface area contributed by atoms with E-state index in [1.807, 2.05) is 0 Å². The number of nitrogens with zero attached hydrogens (tertiary/aromatic N) is 3. The summed E-state index contributed by atoms with van der Waals surface area (Å²) in [5.74, 6) is -2.78. The summed E-state index contributed by atoms with van der Waals surface area (Å²) >= 11 is 0. The summed E-state index contributed by atoms with van der Waals surface area (Å²) in [6.07, 6.45) is 0.136. The molecule has 1 amide bonds. The number of aliphatic carboxylic acids is 1. The van der Waals surface area contributed by atoms with Crippen LogP contribution < -0.4 is 15.9 Å². The number of carbonyl (C=O) groups is 2. The van der Waals surface area contributed by atoms with E-state index in [4.69, 9.17) is 10.8 Å². The van der Waals surface area contributed by atoms with Gasteiger partial charge in [-0.2, -0.15) is 0 Å². The second kappa shape index (κ2) is 11.7. The van der Waals surface area contributed by atoms with Gasteiger partial charge in [-0.1, -0.05) is 35.8 Å². The molecule has 1 aromatic carbocycles. The maximum Gasteiger partial charge on any atom is 0.323 e. The molecule has 30 heavy (non-hydrogen) atoms. The predicted octanol–water partition coefficient (Wildman–Crippen LogP) is -1.11. The molecule has 0 aliphatic heterocycles. The summed E-state index contributed by atoms with van der Waals surface area (Å²) in [7, 11) is -2.68. The van der Waals surface area contributed by atoms with E-state index in [1.54, 1.807) is 35.8 Å². The van der Waals surface area contributed by atoms with Gasteiger partial charge in [0.05, 0.1) is 5.75 Å². The molecule has 0 aliphatic carbocycles. The van der Waals surface area contributed by atoms with Gasteiger partial charge in [0.15, 0.2) is 5.03 Å². The quantitative estimate of drug-likeness (QED) is 0.102. The minimum Gasteiger partial charge on any atom is -0.480 e. The molecule has 0 heterocycles. The molecule has 5 N–H and O–H groups in total. The van der Waals surface area contributed by atoms with Crippen molar-refractivity contribution in [2.75, 3.05) is 20.1 Å². The van der Waals surface area contributed by atoms with Gasteiger partial charge in [0.25, 0.3) is 5.96 Å². The number of guanidine groups is 1. The third-order valence-corrected chi connectivity index (χ3v) is 5.06. The van der Waals surface area contributed by atoms with Crippen molar-refractivity contribution in [2.24, 2.45) is 10.7 Å². The Balaban J connectivity index is 2.85. The maximum atomic E-state index is 12.6. The average Bonchev–Trinajstić information content (AvgIpc) is 2.62. The third-order valence-electron chi connectivity index (χ3n) is 3.71. The van der Waals surface area contributed by atoms with Crippen molar-refractivity contribution in [3.05, 3.63) is 46.0 Å². The highest BCUT2D eigenvalue weighted by molar-refractivity contribution is 7.88. The number of hydrogen-bond acceptors (Lipinski definition) is 7. The molecule has 0 bridgehead atoms. The predicted molar refractivity (Wildman–Crippen MR) is 107 cm³/mol. The van der Waals surface area contributed by atoms with Gasteiger partial charge in [-0.3, -0.25) is 9.59 Å². The van der Waals surface area contributed by atoms with Gasteiger partial charge in [-0.15, -0.1) is 0 Å². The van der Waals surface area contributed by atoms with Crippen molar-refractivity contribution < 1.29 is 28.1 Å². The van der Waals surface area contributed by atoms with Crippen LogP contribution >= 0.6 is 0 Å².